The molecule has 0 aliphatic rings. The van der Waals surface area contributed by atoms with E-state index in [1.165, 1.54) is 0 Å². The summed E-state index contributed by atoms with van der Waals surface area (Å²) in [5.74, 6) is 0. The van der Waals surface area contributed by atoms with Crippen LogP contribution in [0.15, 0.2) is 10.2 Å². The second-order valence-electron chi connectivity index (χ2n) is 5.89. The van der Waals surface area contributed by atoms with Gasteiger partial charge in [-0.05, 0) is 39.5 Å². The lowest BCUT2D eigenvalue weighted by atomic mass is 9.96. The summed E-state index contributed by atoms with van der Waals surface area (Å²) in [6.45, 7) is 7.86. The lowest BCUT2D eigenvalue weighted by Crippen LogP contribution is -2.23. The zero-order chi connectivity index (χ0) is 15.5. The molecule has 0 fully saturated rings. The zero-order valence-corrected chi connectivity index (χ0v) is 13.4. The average Bonchev–Trinajstić information content (AvgIpc) is 2.46. The molecule has 0 aliphatic carbocycles. The highest BCUT2D eigenvalue weighted by Gasteiger charge is 2.27. The van der Waals surface area contributed by atoms with Gasteiger partial charge in [-0.3, -0.25) is 0 Å². The van der Waals surface area contributed by atoms with Crippen molar-refractivity contribution in [3.63, 3.8) is 0 Å². The Morgan fingerprint density at radius 3 is 1.35 bits per heavy atom. The SMILES string of the molecule is CCCCCC(C)(C#N)/N=N/C(C)(C#N)CCCCC. The Hall–Kier alpha value is -1.42. The molecule has 0 bridgehead atoms. The topological polar surface area (TPSA) is 72.3 Å². The van der Waals surface area contributed by atoms with E-state index in [1.807, 2.05) is 0 Å². The minimum atomic E-state index is -0.794. The summed E-state index contributed by atoms with van der Waals surface area (Å²) >= 11 is 0. The van der Waals surface area contributed by atoms with Gasteiger partial charge in [0.15, 0.2) is 11.1 Å². The van der Waals surface area contributed by atoms with Gasteiger partial charge in [0, 0.05) is 0 Å². The molecule has 0 aromatic heterocycles. The first-order chi connectivity index (χ1) is 9.45. The normalized spacial score (nSPS) is 17.1. The molecule has 0 spiro atoms. The molecule has 20 heavy (non-hydrogen) atoms. The van der Waals surface area contributed by atoms with Crippen molar-refractivity contribution < 1.29 is 0 Å². The highest BCUT2D eigenvalue weighted by Crippen LogP contribution is 2.24. The van der Waals surface area contributed by atoms with Gasteiger partial charge in [-0.1, -0.05) is 39.5 Å². The third-order valence-electron chi connectivity index (χ3n) is 3.51. The number of azo groups is 1. The van der Waals surface area contributed by atoms with E-state index in [0.29, 0.717) is 12.8 Å². The first-order valence-corrected chi connectivity index (χ1v) is 7.72. The third kappa shape index (κ3) is 7.24. The number of nitriles is 2. The molecule has 0 aromatic carbocycles. The van der Waals surface area contributed by atoms with Crippen molar-refractivity contribution in [2.24, 2.45) is 10.2 Å². The molecule has 0 rings (SSSR count). The Kier molecular flexibility index (Phi) is 8.81. The van der Waals surface area contributed by atoms with Gasteiger partial charge in [-0.25, -0.2) is 0 Å². The molecule has 0 radical (unpaired) electrons. The van der Waals surface area contributed by atoms with Crippen molar-refractivity contribution in [2.75, 3.05) is 0 Å². The van der Waals surface area contributed by atoms with Crippen LogP contribution in [0.2, 0.25) is 0 Å². The van der Waals surface area contributed by atoms with Gasteiger partial charge in [-0.2, -0.15) is 20.8 Å². The van der Waals surface area contributed by atoms with Gasteiger partial charge in [0.25, 0.3) is 0 Å². The van der Waals surface area contributed by atoms with Gasteiger partial charge in [0.2, 0.25) is 0 Å². The minimum Gasteiger partial charge on any atom is -0.196 e. The molecule has 0 aliphatic heterocycles. The highest BCUT2D eigenvalue weighted by molar-refractivity contribution is 5.07. The van der Waals surface area contributed by atoms with Crippen LogP contribution in [-0.2, 0) is 0 Å². The van der Waals surface area contributed by atoms with Gasteiger partial charge >= 0.3 is 0 Å². The quantitative estimate of drug-likeness (QED) is 0.408. The van der Waals surface area contributed by atoms with Crippen LogP contribution < -0.4 is 0 Å². The number of unbranched alkanes of at least 4 members (excludes halogenated alkanes) is 4. The molecule has 2 atom stereocenters. The predicted octanol–water partition coefficient (Wildman–Crippen LogP) is 5.16. The maximum atomic E-state index is 9.28. The lowest BCUT2D eigenvalue weighted by molar-refractivity contribution is 0.428. The molecule has 4 heteroatoms. The molecular weight excluding hydrogens is 248 g/mol. The molecule has 0 saturated carbocycles. The summed E-state index contributed by atoms with van der Waals surface area (Å²) in [6, 6.07) is 4.46. The fraction of sp³-hybridized carbons (Fsp3) is 0.875. The number of rotatable bonds is 10. The van der Waals surface area contributed by atoms with Crippen LogP contribution in [0.4, 0.5) is 0 Å². The molecule has 0 N–H and O–H groups in total. The molecule has 2 unspecified atom stereocenters. The van der Waals surface area contributed by atoms with E-state index in [4.69, 9.17) is 0 Å². The van der Waals surface area contributed by atoms with Crippen LogP contribution >= 0.6 is 0 Å². The van der Waals surface area contributed by atoms with Crippen LogP contribution in [0.5, 0.6) is 0 Å². The number of hydrogen-bond acceptors (Lipinski definition) is 4. The van der Waals surface area contributed by atoms with Crippen molar-refractivity contribution in [1.82, 2.24) is 0 Å². The van der Waals surface area contributed by atoms with E-state index in [0.717, 1.165) is 38.5 Å². The molecule has 112 valence electrons. The first-order valence-electron chi connectivity index (χ1n) is 7.72. The standard InChI is InChI=1S/C16H28N4/c1-5-7-9-11-15(3,13-17)19-20-16(4,14-18)12-10-8-6-2/h5-12H2,1-4H3/b20-19+. The predicted molar refractivity (Wildman–Crippen MR) is 81.2 cm³/mol. The van der Waals surface area contributed by atoms with Crippen LogP contribution in [-0.4, -0.2) is 11.1 Å². The zero-order valence-electron chi connectivity index (χ0n) is 13.4. The van der Waals surface area contributed by atoms with E-state index < -0.39 is 11.1 Å². The molecular formula is C16H28N4. The summed E-state index contributed by atoms with van der Waals surface area (Å²) in [5, 5.41) is 27.0. The lowest BCUT2D eigenvalue weighted by Gasteiger charge is -2.19. The maximum Gasteiger partial charge on any atom is 0.164 e. The second kappa shape index (κ2) is 9.48. The molecule has 0 amide bonds. The Morgan fingerprint density at radius 1 is 0.750 bits per heavy atom. The Balaban J connectivity index is 4.66. The van der Waals surface area contributed by atoms with E-state index >= 15 is 0 Å². The van der Waals surface area contributed by atoms with Gasteiger partial charge in [-0.15, -0.1) is 0 Å². The number of hydrogen-bond donors (Lipinski definition) is 0. The summed E-state index contributed by atoms with van der Waals surface area (Å²) in [5.41, 5.74) is -1.59. The van der Waals surface area contributed by atoms with Crippen molar-refractivity contribution >= 4 is 0 Å². The maximum absolute atomic E-state index is 9.28. The fourth-order valence-electron chi connectivity index (χ4n) is 1.92. The highest BCUT2D eigenvalue weighted by atomic mass is 15.2. The number of nitrogens with zero attached hydrogens (tertiary/aromatic N) is 4. The summed E-state index contributed by atoms with van der Waals surface area (Å²) in [7, 11) is 0. The van der Waals surface area contributed by atoms with E-state index in [9.17, 15) is 10.5 Å². The molecule has 0 aromatic rings. The Morgan fingerprint density at radius 2 is 1.10 bits per heavy atom. The average molecular weight is 276 g/mol. The van der Waals surface area contributed by atoms with Crippen molar-refractivity contribution in [3.8, 4) is 12.1 Å². The monoisotopic (exact) mass is 276 g/mol. The van der Waals surface area contributed by atoms with Crippen LogP contribution in [0, 0.1) is 22.7 Å². The third-order valence-corrected chi connectivity index (χ3v) is 3.51. The van der Waals surface area contributed by atoms with Crippen molar-refractivity contribution in [3.05, 3.63) is 0 Å². The van der Waals surface area contributed by atoms with E-state index in [-0.39, 0.29) is 0 Å². The Bertz CT molecular complexity index is 341. The molecule has 0 heterocycles. The van der Waals surface area contributed by atoms with Gasteiger partial charge in [0.05, 0.1) is 12.1 Å². The molecule has 4 nitrogen and oxygen atoms in total. The minimum absolute atomic E-state index is 0.706. The second-order valence-corrected chi connectivity index (χ2v) is 5.89. The van der Waals surface area contributed by atoms with Crippen molar-refractivity contribution in [1.29, 1.82) is 10.5 Å². The van der Waals surface area contributed by atoms with Crippen LogP contribution in [0.3, 0.4) is 0 Å². The van der Waals surface area contributed by atoms with Crippen LogP contribution in [0.25, 0.3) is 0 Å². The smallest absolute Gasteiger partial charge is 0.164 e. The Labute approximate surface area is 123 Å². The molecule has 0 saturated heterocycles. The van der Waals surface area contributed by atoms with E-state index in [1.54, 1.807) is 13.8 Å². The fourth-order valence-corrected chi connectivity index (χ4v) is 1.92. The van der Waals surface area contributed by atoms with Crippen molar-refractivity contribution in [2.45, 2.75) is 90.1 Å². The largest absolute Gasteiger partial charge is 0.196 e. The van der Waals surface area contributed by atoms with E-state index in [2.05, 4.69) is 36.2 Å². The summed E-state index contributed by atoms with van der Waals surface area (Å²) in [4.78, 5) is 0. The summed E-state index contributed by atoms with van der Waals surface area (Å²) < 4.78 is 0. The summed E-state index contributed by atoms with van der Waals surface area (Å²) in [6.07, 6.45) is 7.78. The van der Waals surface area contributed by atoms with Crippen LogP contribution in [0.1, 0.15) is 79.1 Å². The van der Waals surface area contributed by atoms with Gasteiger partial charge in [0.1, 0.15) is 0 Å². The first kappa shape index (κ1) is 18.6. The van der Waals surface area contributed by atoms with Gasteiger partial charge < -0.3 is 0 Å².